The third-order valence-electron chi connectivity index (χ3n) is 4.34. The molecule has 1 aromatic rings. The second kappa shape index (κ2) is 4.38. The summed E-state index contributed by atoms with van der Waals surface area (Å²) in [6, 6.07) is 6.37. The lowest BCUT2D eigenvalue weighted by molar-refractivity contribution is -0.125. The molecule has 1 aromatic carbocycles. The van der Waals surface area contributed by atoms with Gasteiger partial charge in [0.2, 0.25) is 5.91 Å². The highest BCUT2D eigenvalue weighted by Gasteiger charge is 2.48. The Hall–Kier alpha value is -1.38. The van der Waals surface area contributed by atoms with E-state index in [9.17, 15) is 9.18 Å². The standard InChI is InChI=1S/C15H18FNO/c1-9(13-4-2-3-5-14(13)16)17-15(18)12-7-10-6-11(10)8-12/h2-5,9-12H,6-8H2,1H3,(H,17,18). The van der Waals surface area contributed by atoms with Crippen LogP contribution < -0.4 is 5.32 Å². The minimum atomic E-state index is -0.254. The molecule has 3 heteroatoms. The Balaban J connectivity index is 1.62. The van der Waals surface area contributed by atoms with E-state index in [4.69, 9.17) is 0 Å². The fourth-order valence-corrected chi connectivity index (χ4v) is 3.16. The van der Waals surface area contributed by atoms with Crippen LogP contribution in [-0.4, -0.2) is 5.91 Å². The number of nitrogens with one attached hydrogen (secondary N) is 1. The van der Waals surface area contributed by atoms with Crippen molar-refractivity contribution in [3.05, 3.63) is 35.6 Å². The maximum absolute atomic E-state index is 13.6. The molecule has 0 saturated heterocycles. The Morgan fingerprint density at radius 1 is 1.28 bits per heavy atom. The SMILES string of the molecule is CC(NC(=O)C1CC2CC2C1)c1ccccc1F. The summed E-state index contributed by atoms with van der Waals surface area (Å²) < 4.78 is 13.6. The minimum Gasteiger partial charge on any atom is -0.349 e. The summed E-state index contributed by atoms with van der Waals surface area (Å²) in [6.45, 7) is 1.84. The smallest absolute Gasteiger partial charge is 0.223 e. The second-order valence-corrected chi connectivity index (χ2v) is 5.68. The molecule has 2 aliphatic rings. The topological polar surface area (TPSA) is 29.1 Å². The third kappa shape index (κ3) is 2.14. The Labute approximate surface area is 107 Å². The van der Waals surface area contributed by atoms with Crippen LogP contribution in [0.4, 0.5) is 4.39 Å². The van der Waals surface area contributed by atoms with Crippen molar-refractivity contribution < 1.29 is 9.18 Å². The maximum atomic E-state index is 13.6. The molecular formula is C15H18FNO. The molecule has 0 aliphatic heterocycles. The van der Waals surface area contributed by atoms with Crippen molar-refractivity contribution in [1.82, 2.24) is 5.32 Å². The molecule has 0 radical (unpaired) electrons. The first-order valence-corrected chi connectivity index (χ1v) is 6.70. The van der Waals surface area contributed by atoms with Crippen LogP contribution in [-0.2, 0) is 4.79 Å². The van der Waals surface area contributed by atoms with E-state index in [-0.39, 0.29) is 23.7 Å². The summed E-state index contributed by atoms with van der Waals surface area (Å²) in [6.07, 6.45) is 3.37. The van der Waals surface area contributed by atoms with Gasteiger partial charge in [0.1, 0.15) is 5.82 Å². The zero-order valence-corrected chi connectivity index (χ0v) is 10.5. The number of carbonyl (C=O) groups excluding carboxylic acids is 1. The summed E-state index contributed by atoms with van der Waals surface area (Å²) in [5, 5.41) is 2.94. The summed E-state index contributed by atoms with van der Waals surface area (Å²) in [7, 11) is 0. The average molecular weight is 247 g/mol. The number of hydrogen-bond donors (Lipinski definition) is 1. The minimum absolute atomic E-state index is 0.0953. The first kappa shape index (κ1) is 11.7. The van der Waals surface area contributed by atoms with Gasteiger partial charge in [-0.25, -0.2) is 4.39 Å². The van der Waals surface area contributed by atoms with Gasteiger partial charge < -0.3 is 5.32 Å². The Kier molecular flexibility index (Phi) is 2.84. The first-order valence-electron chi connectivity index (χ1n) is 6.70. The summed E-state index contributed by atoms with van der Waals surface area (Å²) in [4.78, 5) is 12.1. The molecule has 0 heterocycles. The van der Waals surface area contributed by atoms with E-state index < -0.39 is 0 Å². The largest absolute Gasteiger partial charge is 0.349 e. The fourth-order valence-electron chi connectivity index (χ4n) is 3.16. The van der Waals surface area contributed by atoms with Gasteiger partial charge in [0, 0.05) is 11.5 Å². The number of fused-ring (bicyclic) bond motifs is 1. The number of hydrogen-bond acceptors (Lipinski definition) is 1. The van der Waals surface area contributed by atoms with Gasteiger partial charge in [0.05, 0.1) is 6.04 Å². The molecule has 96 valence electrons. The first-order chi connectivity index (χ1) is 8.65. The molecule has 3 atom stereocenters. The number of rotatable bonds is 3. The lowest BCUT2D eigenvalue weighted by atomic mass is 10.0. The van der Waals surface area contributed by atoms with Crippen LogP contribution in [0.2, 0.25) is 0 Å². The highest BCUT2D eigenvalue weighted by atomic mass is 19.1. The van der Waals surface area contributed by atoms with Crippen molar-refractivity contribution in [2.75, 3.05) is 0 Å². The van der Waals surface area contributed by atoms with Crippen molar-refractivity contribution >= 4 is 5.91 Å². The Morgan fingerprint density at radius 3 is 2.61 bits per heavy atom. The molecule has 1 amide bonds. The van der Waals surface area contributed by atoms with Crippen molar-refractivity contribution in [2.45, 2.75) is 32.2 Å². The molecule has 1 N–H and O–H groups in total. The number of amides is 1. The van der Waals surface area contributed by atoms with E-state index in [1.807, 2.05) is 6.92 Å². The van der Waals surface area contributed by atoms with E-state index >= 15 is 0 Å². The predicted molar refractivity (Wildman–Crippen MR) is 67.3 cm³/mol. The number of benzene rings is 1. The second-order valence-electron chi connectivity index (χ2n) is 5.68. The van der Waals surface area contributed by atoms with E-state index in [0.29, 0.717) is 5.56 Å². The average Bonchev–Trinajstić information content (AvgIpc) is 2.96. The number of halogens is 1. The summed E-state index contributed by atoms with van der Waals surface area (Å²) in [5.41, 5.74) is 0.564. The summed E-state index contributed by atoms with van der Waals surface area (Å²) in [5.74, 6) is 1.59. The highest BCUT2D eigenvalue weighted by Crippen LogP contribution is 2.54. The van der Waals surface area contributed by atoms with Gasteiger partial charge in [-0.05, 0) is 44.1 Å². The van der Waals surface area contributed by atoms with Crippen LogP contribution in [0.1, 0.15) is 37.8 Å². The quantitative estimate of drug-likeness (QED) is 0.874. The van der Waals surface area contributed by atoms with Gasteiger partial charge in [-0.2, -0.15) is 0 Å². The lowest BCUT2D eigenvalue weighted by Gasteiger charge is -2.18. The molecule has 2 nitrogen and oxygen atoms in total. The highest BCUT2D eigenvalue weighted by molar-refractivity contribution is 5.79. The van der Waals surface area contributed by atoms with Crippen molar-refractivity contribution in [3.63, 3.8) is 0 Å². The zero-order chi connectivity index (χ0) is 12.7. The third-order valence-corrected chi connectivity index (χ3v) is 4.34. The monoisotopic (exact) mass is 247 g/mol. The van der Waals surface area contributed by atoms with Crippen molar-refractivity contribution in [1.29, 1.82) is 0 Å². The molecule has 0 aromatic heterocycles. The molecule has 2 aliphatic carbocycles. The molecule has 18 heavy (non-hydrogen) atoms. The van der Waals surface area contributed by atoms with Crippen LogP contribution in [0.25, 0.3) is 0 Å². The summed E-state index contributed by atoms with van der Waals surface area (Å²) >= 11 is 0. The Morgan fingerprint density at radius 2 is 1.94 bits per heavy atom. The van der Waals surface area contributed by atoms with Gasteiger partial charge >= 0.3 is 0 Å². The van der Waals surface area contributed by atoms with Gasteiger partial charge in [-0.15, -0.1) is 0 Å². The molecule has 2 fully saturated rings. The number of carbonyl (C=O) groups is 1. The van der Waals surface area contributed by atoms with E-state index in [1.165, 1.54) is 12.5 Å². The lowest BCUT2D eigenvalue weighted by Crippen LogP contribution is -2.32. The normalized spacial score (nSPS) is 30.7. The van der Waals surface area contributed by atoms with Crippen LogP contribution in [0.15, 0.2) is 24.3 Å². The van der Waals surface area contributed by atoms with Crippen LogP contribution >= 0.6 is 0 Å². The molecule has 0 spiro atoms. The zero-order valence-electron chi connectivity index (χ0n) is 10.5. The fraction of sp³-hybridized carbons (Fsp3) is 0.533. The molecule has 2 saturated carbocycles. The van der Waals surface area contributed by atoms with Crippen molar-refractivity contribution in [3.8, 4) is 0 Å². The van der Waals surface area contributed by atoms with Gasteiger partial charge in [0.15, 0.2) is 0 Å². The van der Waals surface area contributed by atoms with Crippen LogP contribution in [0.3, 0.4) is 0 Å². The maximum Gasteiger partial charge on any atom is 0.223 e. The molecule has 3 unspecified atom stereocenters. The van der Waals surface area contributed by atoms with Crippen LogP contribution in [0, 0.1) is 23.6 Å². The molecular weight excluding hydrogens is 229 g/mol. The van der Waals surface area contributed by atoms with Crippen molar-refractivity contribution in [2.24, 2.45) is 17.8 Å². The van der Waals surface area contributed by atoms with E-state index in [0.717, 1.165) is 24.7 Å². The molecule has 0 bridgehead atoms. The van der Waals surface area contributed by atoms with Gasteiger partial charge in [0.25, 0.3) is 0 Å². The molecule has 3 rings (SSSR count). The van der Waals surface area contributed by atoms with E-state index in [1.54, 1.807) is 18.2 Å². The van der Waals surface area contributed by atoms with Gasteiger partial charge in [-0.1, -0.05) is 18.2 Å². The van der Waals surface area contributed by atoms with Gasteiger partial charge in [-0.3, -0.25) is 4.79 Å². The van der Waals surface area contributed by atoms with E-state index in [2.05, 4.69) is 5.32 Å². The van der Waals surface area contributed by atoms with Crippen LogP contribution in [0.5, 0.6) is 0 Å². The Bertz CT molecular complexity index is 463. The predicted octanol–water partition coefficient (Wildman–Crippen LogP) is 3.05.